The molecule has 45 heavy (non-hydrogen) atoms. The zero-order valence-corrected chi connectivity index (χ0v) is 29.4. The second-order valence-corrected chi connectivity index (χ2v) is 22.1. The highest BCUT2D eigenvalue weighted by molar-refractivity contribution is 6.83. The molecule has 246 valence electrons. The largest absolute Gasteiger partial charge is 0.476 e. The summed E-state index contributed by atoms with van der Waals surface area (Å²) < 4.78 is 35.9. The maximum Gasteiger partial charge on any atom is 0.335 e. The molecule has 0 unspecified atom stereocenters. The van der Waals surface area contributed by atoms with E-state index in [2.05, 4.69) is 70.3 Å². The number of benzene rings is 1. The number of aromatic nitrogens is 4. The first-order valence-corrected chi connectivity index (χ1v) is 19.7. The summed E-state index contributed by atoms with van der Waals surface area (Å²) in [6.07, 6.45) is 1.88. The smallest absolute Gasteiger partial charge is 0.335 e. The molecule has 2 aromatic heterocycles. The third kappa shape index (κ3) is 6.38. The van der Waals surface area contributed by atoms with Crippen LogP contribution in [-0.4, -0.2) is 67.0 Å². The summed E-state index contributed by atoms with van der Waals surface area (Å²) in [4.78, 5) is 23.9. The van der Waals surface area contributed by atoms with Gasteiger partial charge < -0.3 is 28.2 Å². The minimum absolute atomic E-state index is 0.0443. The Morgan fingerprint density at radius 3 is 2.24 bits per heavy atom. The lowest BCUT2D eigenvalue weighted by atomic mass is 10.1. The molecule has 1 aromatic carbocycles. The van der Waals surface area contributed by atoms with Crippen LogP contribution in [0.25, 0.3) is 11.2 Å². The van der Waals surface area contributed by atoms with Gasteiger partial charge in [0.2, 0.25) is 11.8 Å². The molecule has 0 spiro atoms. The summed E-state index contributed by atoms with van der Waals surface area (Å²) in [6, 6.07) is 6.38. The van der Waals surface area contributed by atoms with Crippen molar-refractivity contribution in [3.63, 3.8) is 0 Å². The molecule has 3 atom stereocenters. The monoisotopic (exact) mass is 658 g/mol. The van der Waals surface area contributed by atoms with E-state index < -0.39 is 28.3 Å². The highest BCUT2D eigenvalue weighted by Gasteiger charge is 2.60. The van der Waals surface area contributed by atoms with Gasteiger partial charge in [0.25, 0.3) is 5.69 Å². The van der Waals surface area contributed by atoms with Crippen molar-refractivity contribution in [2.45, 2.75) is 109 Å². The van der Waals surface area contributed by atoms with Crippen molar-refractivity contribution in [2.75, 3.05) is 18.9 Å². The molecule has 2 aliphatic rings. The van der Waals surface area contributed by atoms with Gasteiger partial charge in [-0.05, 0) is 27.7 Å². The highest BCUT2D eigenvalue weighted by atomic mass is 28.5. The maximum absolute atomic E-state index is 10.9. The predicted octanol–water partition coefficient (Wildman–Crippen LogP) is 6.18. The third-order valence-corrected chi connectivity index (χ3v) is 19.3. The predicted molar refractivity (Wildman–Crippen MR) is 174 cm³/mol. The van der Waals surface area contributed by atoms with Crippen LogP contribution in [0.3, 0.4) is 0 Å². The molecule has 13 nitrogen and oxygen atoms in total. The van der Waals surface area contributed by atoms with Crippen LogP contribution >= 0.6 is 0 Å². The Morgan fingerprint density at radius 2 is 1.64 bits per heavy atom. The number of non-ortho nitro benzene ring substituents is 1. The van der Waals surface area contributed by atoms with E-state index in [0.717, 1.165) is 5.56 Å². The van der Waals surface area contributed by atoms with Crippen LogP contribution < -0.4 is 10.5 Å². The lowest BCUT2D eigenvalue weighted by Crippen LogP contribution is -2.65. The van der Waals surface area contributed by atoms with E-state index in [1.165, 1.54) is 12.1 Å². The quantitative estimate of drug-likeness (QED) is 0.150. The topological polar surface area (TPSA) is 159 Å². The summed E-state index contributed by atoms with van der Waals surface area (Å²) in [5.41, 5.74) is 8.98. The van der Waals surface area contributed by atoms with Crippen molar-refractivity contribution in [1.29, 1.82) is 0 Å². The first-order chi connectivity index (χ1) is 21.3. The van der Waals surface area contributed by atoms with E-state index in [-0.39, 0.29) is 58.5 Å². The Balaban J connectivity index is 1.39. The second kappa shape index (κ2) is 13.0. The van der Waals surface area contributed by atoms with Gasteiger partial charge in [-0.25, -0.2) is 4.98 Å². The molecule has 0 bridgehead atoms. The number of imidazole rings is 1. The van der Waals surface area contributed by atoms with Gasteiger partial charge in [0.15, 0.2) is 11.2 Å². The van der Waals surface area contributed by atoms with Gasteiger partial charge in [-0.3, -0.25) is 14.7 Å². The van der Waals surface area contributed by atoms with Crippen molar-refractivity contribution >= 4 is 39.9 Å². The van der Waals surface area contributed by atoms with Crippen LogP contribution in [0.5, 0.6) is 5.88 Å². The SMILES string of the molecule is CC(C)[Si]1(C(C)C)OC[C@H]2O[C@@H](n3cnc4c(OCCc5ccc([N+](=O)[O-])cc5)nc(N)nc43)C[C@@H]2O[Si](C(C)C)(C(C)C)O1. The third-order valence-electron chi connectivity index (χ3n) is 9.02. The van der Waals surface area contributed by atoms with Crippen molar-refractivity contribution in [3.8, 4) is 5.88 Å². The van der Waals surface area contributed by atoms with E-state index in [0.29, 0.717) is 30.6 Å². The van der Waals surface area contributed by atoms with E-state index in [9.17, 15) is 10.1 Å². The number of hydrogen-bond acceptors (Lipinski definition) is 11. The van der Waals surface area contributed by atoms with Gasteiger partial charge in [-0.2, -0.15) is 9.97 Å². The molecule has 0 amide bonds. The lowest BCUT2D eigenvalue weighted by molar-refractivity contribution is -0.384. The standard InChI is InChI=1S/C30H46N6O7Si2/c1-18(2)44(19(3)4)40-16-25-24(42-45(43-44,20(5)6)21(7)8)15-26(41-25)35-17-32-27-28(35)33-30(31)34-29(27)39-14-13-22-9-11-23(12-10-22)36(37)38/h9-12,17-21,24-26H,13-16H2,1-8H3,(H2,31,33,34)/t24-,25+,26+/m0/s1. The highest BCUT2D eigenvalue weighted by Crippen LogP contribution is 2.48. The number of anilines is 1. The zero-order valence-electron chi connectivity index (χ0n) is 27.4. The fraction of sp³-hybridized carbons (Fsp3) is 0.633. The second-order valence-electron chi connectivity index (χ2n) is 13.2. The number of nitrogens with zero attached hydrogens (tertiary/aromatic N) is 5. The van der Waals surface area contributed by atoms with Crippen LogP contribution in [0.1, 0.15) is 73.6 Å². The summed E-state index contributed by atoms with van der Waals surface area (Å²) in [5.74, 6) is 0.327. The number of nitrogens with two attached hydrogens (primary N) is 1. The molecule has 2 saturated heterocycles. The Morgan fingerprint density at radius 1 is 1.00 bits per heavy atom. The Kier molecular flexibility index (Phi) is 9.68. The number of ether oxygens (including phenoxy) is 2. The van der Waals surface area contributed by atoms with Gasteiger partial charge >= 0.3 is 17.1 Å². The minimum atomic E-state index is -2.77. The Labute approximate surface area is 266 Å². The van der Waals surface area contributed by atoms with Crippen molar-refractivity contribution in [1.82, 2.24) is 19.5 Å². The number of hydrogen-bond donors (Lipinski definition) is 1. The maximum atomic E-state index is 10.9. The van der Waals surface area contributed by atoms with Gasteiger partial charge in [0, 0.05) is 25.0 Å². The van der Waals surface area contributed by atoms with Gasteiger partial charge in [0.1, 0.15) is 12.3 Å². The summed E-state index contributed by atoms with van der Waals surface area (Å²) in [5, 5.41) is 10.9. The van der Waals surface area contributed by atoms with Gasteiger partial charge in [-0.15, -0.1) is 0 Å². The van der Waals surface area contributed by atoms with Crippen LogP contribution in [0.15, 0.2) is 30.6 Å². The fourth-order valence-electron chi connectivity index (χ4n) is 6.58. The van der Waals surface area contributed by atoms with Crippen molar-refractivity contribution < 1.29 is 27.4 Å². The molecular weight excluding hydrogens is 613 g/mol. The average molecular weight is 659 g/mol. The normalized spacial score (nSPS) is 23.1. The Bertz CT molecular complexity index is 1480. The summed E-state index contributed by atoms with van der Waals surface area (Å²) in [7, 11) is -5.45. The van der Waals surface area contributed by atoms with E-state index >= 15 is 0 Å². The van der Waals surface area contributed by atoms with Gasteiger partial charge in [0.05, 0.1) is 30.6 Å². The first-order valence-electron chi connectivity index (χ1n) is 15.8. The van der Waals surface area contributed by atoms with E-state index in [1.807, 2.05) is 4.57 Å². The minimum Gasteiger partial charge on any atom is -0.476 e. The molecule has 15 heteroatoms. The first kappa shape index (κ1) is 33.4. The average Bonchev–Trinajstić information content (AvgIpc) is 3.56. The number of nitrogen functional groups attached to an aromatic ring is 1. The summed E-state index contributed by atoms with van der Waals surface area (Å²) in [6.45, 7) is 18.3. The van der Waals surface area contributed by atoms with Crippen molar-refractivity contribution in [2.24, 2.45) is 0 Å². The van der Waals surface area contributed by atoms with Crippen LogP contribution in [0.2, 0.25) is 22.2 Å². The fourth-order valence-corrected chi connectivity index (χ4v) is 17.8. The van der Waals surface area contributed by atoms with E-state index in [4.69, 9.17) is 28.2 Å². The number of nitro benzene ring substituents is 1. The van der Waals surface area contributed by atoms with Crippen LogP contribution in [0.4, 0.5) is 11.6 Å². The molecule has 2 fully saturated rings. The molecule has 4 heterocycles. The van der Waals surface area contributed by atoms with Gasteiger partial charge in [-0.1, -0.05) is 67.5 Å². The zero-order chi connectivity index (χ0) is 32.7. The summed E-state index contributed by atoms with van der Waals surface area (Å²) >= 11 is 0. The molecule has 3 aromatic rings. The molecule has 0 radical (unpaired) electrons. The molecule has 2 aliphatic heterocycles. The molecule has 2 N–H and O–H groups in total. The number of fused-ring (bicyclic) bond motifs is 2. The molecule has 0 aliphatic carbocycles. The van der Waals surface area contributed by atoms with Crippen molar-refractivity contribution in [3.05, 3.63) is 46.3 Å². The molecule has 0 saturated carbocycles. The Hall–Kier alpha value is -2.96. The van der Waals surface area contributed by atoms with Crippen LogP contribution in [0, 0.1) is 10.1 Å². The lowest BCUT2D eigenvalue weighted by Gasteiger charge is -2.51. The molecule has 5 rings (SSSR count). The molecular formula is C30H46N6O7Si2. The van der Waals surface area contributed by atoms with E-state index in [1.54, 1.807) is 18.5 Å². The number of rotatable bonds is 10. The van der Waals surface area contributed by atoms with Crippen LogP contribution in [-0.2, 0) is 24.1 Å². The number of nitro groups is 1.